The SMILES string of the molecule is CNCCNc1ccc(C(=O)OC)nn1. The number of carbonyl (C=O) groups is 1. The van der Waals surface area contributed by atoms with E-state index >= 15 is 0 Å². The van der Waals surface area contributed by atoms with Crippen molar-refractivity contribution in [1.82, 2.24) is 15.5 Å². The highest BCUT2D eigenvalue weighted by Crippen LogP contribution is 2.02. The van der Waals surface area contributed by atoms with Crippen LogP contribution in [0.15, 0.2) is 12.1 Å². The summed E-state index contributed by atoms with van der Waals surface area (Å²) in [6.07, 6.45) is 0. The predicted octanol–water partition coefficient (Wildman–Crippen LogP) is -0.106. The lowest BCUT2D eigenvalue weighted by molar-refractivity contribution is 0.0593. The van der Waals surface area contributed by atoms with Gasteiger partial charge < -0.3 is 15.4 Å². The van der Waals surface area contributed by atoms with Crippen molar-refractivity contribution in [3.05, 3.63) is 17.8 Å². The Morgan fingerprint density at radius 3 is 2.73 bits per heavy atom. The summed E-state index contributed by atoms with van der Waals surface area (Å²) < 4.78 is 4.50. The molecule has 2 N–H and O–H groups in total. The van der Waals surface area contributed by atoms with Crippen LogP contribution in [0.2, 0.25) is 0 Å². The van der Waals surface area contributed by atoms with Crippen molar-refractivity contribution in [3.8, 4) is 0 Å². The topological polar surface area (TPSA) is 76.1 Å². The van der Waals surface area contributed by atoms with Crippen LogP contribution in [0.3, 0.4) is 0 Å². The number of aromatic nitrogens is 2. The van der Waals surface area contributed by atoms with Crippen LogP contribution < -0.4 is 10.6 Å². The minimum atomic E-state index is -0.482. The maximum Gasteiger partial charge on any atom is 0.358 e. The summed E-state index contributed by atoms with van der Waals surface area (Å²) in [5.74, 6) is 0.155. The number of methoxy groups -OCH3 is 1. The van der Waals surface area contributed by atoms with Gasteiger partial charge in [-0.05, 0) is 19.2 Å². The Labute approximate surface area is 88.0 Å². The van der Waals surface area contributed by atoms with E-state index in [1.807, 2.05) is 7.05 Å². The normalized spacial score (nSPS) is 9.73. The molecule has 0 saturated heterocycles. The van der Waals surface area contributed by atoms with Crippen LogP contribution in [0.5, 0.6) is 0 Å². The molecule has 0 bridgehead atoms. The smallest absolute Gasteiger partial charge is 0.358 e. The zero-order valence-electron chi connectivity index (χ0n) is 8.78. The van der Waals surface area contributed by atoms with Crippen molar-refractivity contribution in [2.24, 2.45) is 0 Å². The number of ether oxygens (including phenoxy) is 1. The van der Waals surface area contributed by atoms with Crippen molar-refractivity contribution in [2.75, 3.05) is 32.6 Å². The lowest BCUT2D eigenvalue weighted by Crippen LogP contribution is -2.18. The van der Waals surface area contributed by atoms with Gasteiger partial charge in [0.2, 0.25) is 0 Å². The molecule has 0 saturated carbocycles. The Hall–Kier alpha value is -1.69. The van der Waals surface area contributed by atoms with Gasteiger partial charge in [-0.2, -0.15) is 0 Å². The molecule has 0 radical (unpaired) electrons. The Bertz CT molecular complexity index is 312. The fourth-order valence-corrected chi connectivity index (χ4v) is 0.956. The van der Waals surface area contributed by atoms with Gasteiger partial charge in [0.25, 0.3) is 0 Å². The van der Waals surface area contributed by atoms with E-state index in [-0.39, 0.29) is 5.69 Å². The summed E-state index contributed by atoms with van der Waals surface area (Å²) >= 11 is 0. The van der Waals surface area contributed by atoms with Gasteiger partial charge in [0, 0.05) is 13.1 Å². The van der Waals surface area contributed by atoms with E-state index in [4.69, 9.17) is 0 Å². The molecule has 1 aromatic rings. The van der Waals surface area contributed by atoms with E-state index < -0.39 is 5.97 Å². The van der Waals surface area contributed by atoms with Crippen LogP contribution in [-0.2, 0) is 4.74 Å². The molecule has 0 aliphatic heterocycles. The van der Waals surface area contributed by atoms with Crippen LogP contribution in [0.4, 0.5) is 5.82 Å². The molecule has 6 nitrogen and oxygen atoms in total. The largest absolute Gasteiger partial charge is 0.464 e. The number of anilines is 1. The molecule has 1 aromatic heterocycles. The van der Waals surface area contributed by atoms with E-state index in [0.717, 1.165) is 13.1 Å². The zero-order chi connectivity index (χ0) is 11.1. The molecular weight excluding hydrogens is 196 g/mol. The first-order valence-electron chi connectivity index (χ1n) is 4.58. The summed E-state index contributed by atoms with van der Waals surface area (Å²) in [7, 11) is 3.18. The minimum Gasteiger partial charge on any atom is -0.464 e. The molecule has 0 spiro atoms. The minimum absolute atomic E-state index is 0.205. The van der Waals surface area contributed by atoms with Gasteiger partial charge in [-0.25, -0.2) is 4.79 Å². The maximum atomic E-state index is 11.0. The molecule has 82 valence electrons. The molecule has 0 aromatic carbocycles. The number of nitrogens with one attached hydrogen (secondary N) is 2. The quantitative estimate of drug-likeness (QED) is 0.522. The first-order chi connectivity index (χ1) is 7.27. The van der Waals surface area contributed by atoms with Crippen LogP contribution in [0.25, 0.3) is 0 Å². The summed E-state index contributed by atoms with van der Waals surface area (Å²) in [5, 5.41) is 13.6. The zero-order valence-corrected chi connectivity index (χ0v) is 8.78. The Balaban J connectivity index is 2.52. The first kappa shape index (κ1) is 11.4. The average Bonchev–Trinajstić information content (AvgIpc) is 2.29. The summed E-state index contributed by atoms with van der Waals surface area (Å²) in [5.41, 5.74) is 0.205. The third-order valence-corrected chi connectivity index (χ3v) is 1.74. The monoisotopic (exact) mass is 210 g/mol. The van der Waals surface area contributed by atoms with E-state index in [2.05, 4.69) is 25.6 Å². The van der Waals surface area contributed by atoms with Gasteiger partial charge >= 0.3 is 5.97 Å². The molecule has 0 fully saturated rings. The van der Waals surface area contributed by atoms with E-state index in [1.165, 1.54) is 7.11 Å². The van der Waals surface area contributed by atoms with Crippen LogP contribution >= 0.6 is 0 Å². The lowest BCUT2D eigenvalue weighted by Gasteiger charge is -2.04. The van der Waals surface area contributed by atoms with E-state index in [1.54, 1.807) is 12.1 Å². The molecular formula is C9H14N4O2. The second-order valence-corrected chi connectivity index (χ2v) is 2.83. The molecule has 1 rings (SSSR count). The fourth-order valence-electron chi connectivity index (χ4n) is 0.956. The van der Waals surface area contributed by atoms with Gasteiger partial charge in [-0.1, -0.05) is 0 Å². The third kappa shape index (κ3) is 3.51. The number of esters is 1. The van der Waals surface area contributed by atoms with E-state index in [9.17, 15) is 4.79 Å². The van der Waals surface area contributed by atoms with Crippen molar-refractivity contribution in [3.63, 3.8) is 0 Å². The second kappa shape index (κ2) is 5.92. The number of hydrogen-bond donors (Lipinski definition) is 2. The van der Waals surface area contributed by atoms with Crippen LogP contribution in [0.1, 0.15) is 10.5 Å². The number of hydrogen-bond acceptors (Lipinski definition) is 6. The van der Waals surface area contributed by atoms with Crippen LogP contribution in [0, 0.1) is 0 Å². The first-order valence-corrected chi connectivity index (χ1v) is 4.58. The fraction of sp³-hybridized carbons (Fsp3) is 0.444. The predicted molar refractivity (Wildman–Crippen MR) is 55.8 cm³/mol. The van der Waals surface area contributed by atoms with Gasteiger partial charge in [0.1, 0.15) is 5.82 Å². The summed E-state index contributed by atoms with van der Waals surface area (Å²) in [4.78, 5) is 11.0. The van der Waals surface area contributed by atoms with Gasteiger partial charge in [-0.3, -0.25) is 0 Å². The summed E-state index contributed by atoms with van der Waals surface area (Å²) in [6.45, 7) is 1.59. The molecule has 6 heteroatoms. The van der Waals surface area contributed by atoms with Crippen molar-refractivity contribution in [1.29, 1.82) is 0 Å². The highest BCUT2D eigenvalue weighted by molar-refractivity contribution is 5.86. The van der Waals surface area contributed by atoms with Crippen molar-refractivity contribution < 1.29 is 9.53 Å². The molecule has 0 atom stereocenters. The number of rotatable bonds is 5. The Morgan fingerprint density at radius 2 is 2.20 bits per heavy atom. The standard InChI is InChI=1S/C9H14N4O2/c1-10-5-6-11-8-4-3-7(12-13-8)9(14)15-2/h3-4,10H,5-6H2,1-2H3,(H,11,13). The lowest BCUT2D eigenvalue weighted by atomic mass is 10.4. The molecule has 0 unspecified atom stereocenters. The van der Waals surface area contributed by atoms with Crippen LogP contribution in [-0.4, -0.2) is 43.4 Å². The van der Waals surface area contributed by atoms with Crippen molar-refractivity contribution >= 4 is 11.8 Å². The third-order valence-electron chi connectivity index (χ3n) is 1.74. The molecule has 0 aliphatic carbocycles. The molecule has 15 heavy (non-hydrogen) atoms. The van der Waals surface area contributed by atoms with Gasteiger partial charge in [0.15, 0.2) is 5.69 Å². The molecule has 0 amide bonds. The summed E-state index contributed by atoms with van der Waals surface area (Å²) in [6, 6.07) is 3.26. The molecule has 0 aliphatic rings. The number of likely N-dealkylation sites (N-methyl/N-ethyl adjacent to an activating group) is 1. The Morgan fingerprint density at radius 1 is 1.40 bits per heavy atom. The maximum absolute atomic E-state index is 11.0. The highest BCUT2D eigenvalue weighted by atomic mass is 16.5. The number of nitrogens with zero attached hydrogens (tertiary/aromatic N) is 2. The van der Waals surface area contributed by atoms with E-state index in [0.29, 0.717) is 5.82 Å². The number of carbonyl (C=O) groups excluding carboxylic acids is 1. The Kier molecular flexibility index (Phi) is 4.49. The van der Waals surface area contributed by atoms with Gasteiger partial charge in [0.05, 0.1) is 7.11 Å². The average molecular weight is 210 g/mol. The highest BCUT2D eigenvalue weighted by Gasteiger charge is 2.06. The molecule has 1 heterocycles. The van der Waals surface area contributed by atoms with Crippen molar-refractivity contribution in [2.45, 2.75) is 0 Å². The van der Waals surface area contributed by atoms with Gasteiger partial charge in [-0.15, -0.1) is 10.2 Å². The second-order valence-electron chi connectivity index (χ2n) is 2.83.